The maximum absolute atomic E-state index is 10.7. The third kappa shape index (κ3) is 12.5. The SMILES string of the molecule is CS(=O)(=O)OCC#C/C=C\C#C/C=C\C#CCOC1CCCCO1. The molecule has 0 spiro atoms. The molecule has 1 aliphatic rings. The first kappa shape index (κ1) is 20.0. The van der Waals surface area contributed by atoms with E-state index in [1.54, 1.807) is 18.2 Å². The number of hydrogen-bond acceptors (Lipinski definition) is 5. The Kier molecular flexibility index (Phi) is 10.4. The Balaban J connectivity index is 2.14. The van der Waals surface area contributed by atoms with Crippen LogP contribution in [0.4, 0.5) is 0 Å². The Morgan fingerprint density at radius 2 is 1.62 bits per heavy atom. The second kappa shape index (κ2) is 12.4. The van der Waals surface area contributed by atoms with Crippen molar-refractivity contribution < 1.29 is 22.1 Å². The lowest BCUT2D eigenvalue weighted by molar-refractivity contribution is -0.154. The van der Waals surface area contributed by atoms with Crippen molar-refractivity contribution in [3.8, 4) is 35.5 Å². The number of allylic oxidation sites excluding steroid dienone is 4. The van der Waals surface area contributed by atoms with Gasteiger partial charge in [-0.05, 0) is 43.6 Å². The summed E-state index contributed by atoms with van der Waals surface area (Å²) in [6, 6.07) is 0. The van der Waals surface area contributed by atoms with Crippen LogP contribution in [0.25, 0.3) is 0 Å². The summed E-state index contributed by atoms with van der Waals surface area (Å²) < 4.78 is 36.6. The fourth-order valence-corrected chi connectivity index (χ4v) is 1.85. The first-order valence-corrected chi connectivity index (χ1v) is 9.25. The zero-order valence-electron chi connectivity index (χ0n) is 13.6. The topological polar surface area (TPSA) is 61.8 Å². The van der Waals surface area contributed by atoms with E-state index in [0.29, 0.717) is 6.61 Å². The van der Waals surface area contributed by atoms with E-state index < -0.39 is 10.1 Å². The van der Waals surface area contributed by atoms with Gasteiger partial charge in [-0.1, -0.05) is 35.5 Å². The molecule has 0 N–H and O–H groups in total. The van der Waals surface area contributed by atoms with E-state index in [9.17, 15) is 8.42 Å². The molecule has 0 radical (unpaired) electrons. The summed E-state index contributed by atoms with van der Waals surface area (Å²) in [4.78, 5) is 0. The highest BCUT2D eigenvalue weighted by Crippen LogP contribution is 2.12. The molecule has 0 amide bonds. The normalized spacial score (nSPS) is 17.5. The van der Waals surface area contributed by atoms with Gasteiger partial charge in [0.1, 0.15) is 13.2 Å². The van der Waals surface area contributed by atoms with Gasteiger partial charge in [0.2, 0.25) is 0 Å². The summed E-state index contributed by atoms with van der Waals surface area (Å²) in [7, 11) is -3.44. The zero-order valence-corrected chi connectivity index (χ0v) is 14.4. The van der Waals surface area contributed by atoms with Gasteiger partial charge < -0.3 is 9.47 Å². The lowest BCUT2D eigenvalue weighted by Gasteiger charge is -2.21. The van der Waals surface area contributed by atoms with Crippen molar-refractivity contribution in [3.63, 3.8) is 0 Å². The lowest BCUT2D eigenvalue weighted by atomic mass is 10.2. The first-order valence-electron chi connectivity index (χ1n) is 7.43. The van der Waals surface area contributed by atoms with Gasteiger partial charge in [-0.2, -0.15) is 8.42 Å². The molecule has 1 aliphatic heterocycles. The Hall–Kier alpha value is -2.01. The summed E-state index contributed by atoms with van der Waals surface area (Å²) in [5.74, 6) is 16.3. The van der Waals surface area contributed by atoms with Crippen molar-refractivity contribution in [1.29, 1.82) is 0 Å². The standard InChI is InChI=1S/C18H20O5S/c1-24(19,20)23-17-12-9-7-5-3-2-4-6-8-11-15-21-18-14-10-13-16-22-18/h4-7,18H,10,13-17H2,1H3/b6-4-,7-5-. The van der Waals surface area contributed by atoms with Crippen LogP contribution in [-0.2, 0) is 23.8 Å². The molecule has 1 unspecified atom stereocenters. The van der Waals surface area contributed by atoms with Crippen LogP contribution in [-0.4, -0.2) is 40.8 Å². The van der Waals surface area contributed by atoms with Crippen LogP contribution in [0, 0.1) is 35.5 Å². The Bertz CT molecular complexity index is 709. The highest BCUT2D eigenvalue weighted by Gasteiger charge is 2.12. The Morgan fingerprint density at radius 3 is 2.21 bits per heavy atom. The van der Waals surface area contributed by atoms with Crippen molar-refractivity contribution in [1.82, 2.24) is 0 Å². The molecule has 1 saturated heterocycles. The number of rotatable bonds is 4. The van der Waals surface area contributed by atoms with Crippen LogP contribution in [0.1, 0.15) is 19.3 Å². The second-order valence-corrected chi connectivity index (χ2v) is 6.31. The molecular formula is C18H20O5S. The van der Waals surface area contributed by atoms with E-state index in [0.717, 1.165) is 32.1 Å². The molecule has 0 aromatic heterocycles. The number of ether oxygens (including phenoxy) is 2. The molecule has 0 aliphatic carbocycles. The van der Waals surface area contributed by atoms with E-state index in [-0.39, 0.29) is 12.9 Å². The molecule has 1 rings (SSSR count). The monoisotopic (exact) mass is 348 g/mol. The third-order valence-electron chi connectivity index (χ3n) is 2.61. The van der Waals surface area contributed by atoms with Gasteiger partial charge >= 0.3 is 0 Å². The third-order valence-corrected chi connectivity index (χ3v) is 3.16. The van der Waals surface area contributed by atoms with Crippen LogP contribution < -0.4 is 0 Å². The molecule has 128 valence electrons. The highest BCUT2D eigenvalue weighted by atomic mass is 32.2. The molecule has 0 aromatic carbocycles. The Labute approximate surface area is 144 Å². The molecular weight excluding hydrogens is 328 g/mol. The summed E-state index contributed by atoms with van der Waals surface area (Å²) in [5, 5.41) is 0. The van der Waals surface area contributed by atoms with Crippen molar-refractivity contribution in [2.45, 2.75) is 25.6 Å². The van der Waals surface area contributed by atoms with Crippen molar-refractivity contribution in [2.75, 3.05) is 26.1 Å². The van der Waals surface area contributed by atoms with Crippen LogP contribution in [0.2, 0.25) is 0 Å². The lowest BCUT2D eigenvalue weighted by Crippen LogP contribution is -2.22. The minimum atomic E-state index is -3.44. The van der Waals surface area contributed by atoms with Gasteiger partial charge in [-0.25, -0.2) is 0 Å². The maximum Gasteiger partial charge on any atom is 0.265 e. The van der Waals surface area contributed by atoms with E-state index in [4.69, 9.17) is 9.47 Å². The van der Waals surface area contributed by atoms with Crippen molar-refractivity contribution in [3.05, 3.63) is 24.3 Å². The van der Waals surface area contributed by atoms with Crippen molar-refractivity contribution in [2.24, 2.45) is 0 Å². The fraction of sp³-hybridized carbons (Fsp3) is 0.444. The molecule has 1 atom stereocenters. The van der Waals surface area contributed by atoms with Crippen LogP contribution >= 0.6 is 0 Å². The molecule has 0 aromatic rings. The average molecular weight is 348 g/mol. The summed E-state index contributed by atoms with van der Waals surface area (Å²) in [6.45, 7) is 0.934. The van der Waals surface area contributed by atoms with Gasteiger partial charge in [0, 0.05) is 6.61 Å². The molecule has 6 heteroatoms. The van der Waals surface area contributed by atoms with Crippen LogP contribution in [0.5, 0.6) is 0 Å². The van der Waals surface area contributed by atoms with Gasteiger partial charge in [0.15, 0.2) is 6.29 Å². The van der Waals surface area contributed by atoms with E-state index in [1.165, 1.54) is 6.08 Å². The largest absolute Gasteiger partial charge is 0.353 e. The van der Waals surface area contributed by atoms with Gasteiger partial charge in [0.25, 0.3) is 10.1 Å². The van der Waals surface area contributed by atoms with E-state index in [2.05, 4.69) is 39.7 Å². The predicted octanol–water partition coefficient (Wildman–Crippen LogP) is 1.63. The average Bonchev–Trinajstić information content (AvgIpc) is 2.55. The molecule has 24 heavy (non-hydrogen) atoms. The quantitative estimate of drug-likeness (QED) is 0.571. The zero-order chi connectivity index (χ0) is 17.5. The van der Waals surface area contributed by atoms with Gasteiger partial charge in [0.05, 0.1) is 6.26 Å². The van der Waals surface area contributed by atoms with Gasteiger partial charge in [-0.15, -0.1) is 0 Å². The van der Waals surface area contributed by atoms with Gasteiger partial charge in [-0.3, -0.25) is 4.18 Å². The first-order chi connectivity index (χ1) is 11.6. The summed E-state index contributed by atoms with van der Waals surface area (Å²) in [5.41, 5.74) is 0. The Morgan fingerprint density at radius 1 is 1.00 bits per heavy atom. The molecule has 5 nitrogen and oxygen atoms in total. The van der Waals surface area contributed by atoms with Crippen molar-refractivity contribution >= 4 is 10.1 Å². The smallest absolute Gasteiger partial charge is 0.265 e. The molecule has 0 saturated carbocycles. The predicted molar refractivity (Wildman–Crippen MR) is 91.9 cm³/mol. The van der Waals surface area contributed by atoms with E-state index in [1.807, 2.05) is 0 Å². The fourth-order valence-electron chi connectivity index (χ4n) is 1.58. The van der Waals surface area contributed by atoms with E-state index >= 15 is 0 Å². The minimum absolute atomic E-state index is 0.120. The molecule has 0 bridgehead atoms. The van der Waals surface area contributed by atoms with Crippen LogP contribution in [0.3, 0.4) is 0 Å². The minimum Gasteiger partial charge on any atom is -0.353 e. The second-order valence-electron chi connectivity index (χ2n) is 4.67. The van der Waals surface area contributed by atoms with Crippen LogP contribution in [0.15, 0.2) is 24.3 Å². The number of hydrogen-bond donors (Lipinski definition) is 0. The maximum atomic E-state index is 10.7. The molecule has 1 fully saturated rings. The summed E-state index contributed by atoms with van der Waals surface area (Å²) >= 11 is 0. The highest BCUT2D eigenvalue weighted by molar-refractivity contribution is 7.86. The summed E-state index contributed by atoms with van der Waals surface area (Å²) in [6.07, 6.45) is 10.3. The molecule has 1 heterocycles.